The molecule has 0 saturated heterocycles. The fourth-order valence-corrected chi connectivity index (χ4v) is 6.24. The van der Waals surface area contributed by atoms with Crippen LogP contribution < -0.4 is 4.90 Å². The van der Waals surface area contributed by atoms with Crippen molar-refractivity contribution in [1.82, 2.24) is 0 Å². The Kier molecular flexibility index (Phi) is 4.40. The molecular weight excluding hydrogens is 550 g/mol. The molecule has 2 heterocycles. The van der Waals surface area contributed by atoms with Crippen LogP contribution in [0.15, 0.2) is 172 Å². The van der Waals surface area contributed by atoms with Crippen molar-refractivity contribution >= 4 is 60.9 Å². The first-order valence-electron chi connectivity index (χ1n) is 18.1. The average Bonchev–Trinajstić information content (AvgIpc) is 3.77. The van der Waals surface area contributed by atoms with Crippen molar-refractivity contribution in [2.45, 2.75) is 0 Å². The fraction of sp³-hybridized carbons (Fsp3) is 0. The molecular formula is C42H27NO2. The minimum Gasteiger partial charge on any atom is -0.456 e. The van der Waals surface area contributed by atoms with Gasteiger partial charge in [0.1, 0.15) is 22.3 Å². The van der Waals surface area contributed by atoms with Gasteiger partial charge in [-0.05, 0) is 71.2 Å². The van der Waals surface area contributed by atoms with Gasteiger partial charge in [-0.3, -0.25) is 0 Å². The molecule has 0 aliphatic carbocycles. The molecule has 0 aliphatic rings. The van der Waals surface area contributed by atoms with Crippen LogP contribution in [-0.4, -0.2) is 0 Å². The first kappa shape index (κ1) is 19.3. The molecule has 0 fully saturated rings. The molecule has 0 aliphatic heterocycles. The summed E-state index contributed by atoms with van der Waals surface area (Å²) in [5.41, 5.74) is 6.50. The SMILES string of the molecule is [2H]c1c([2H])c([2H])c2c(oc3c([2H])c([2H])c([2H])c(N(c4ccccc4)c4ccccc4-c4ccc5oc6cccc(-c7ccccc7)c6c5c4)c32)c1[2H]. The van der Waals surface area contributed by atoms with E-state index in [1.165, 1.54) is 0 Å². The van der Waals surface area contributed by atoms with E-state index in [1.807, 2.05) is 102 Å². The standard InChI is InChI=1S/C42H27NO2/c1-3-13-28(14-4-1)32-19-11-23-39-41(32)34-27-29(25-26-38(34)45-39)31-17-7-9-20-35(31)43(30-15-5-2-6-16-30)36-21-12-24-40-42(36)33-18-8-10-22-37(33)44-40/h1-27H/i8D,10D,12D,18D,21D,22D,24D. The van der Waals surface area contributed by atoms with E-state index in [1.54, 1.807) is 0 Å². The summed E-state index contributed by atoms with van der Waals surface area (Å²) < 4.78 is 73.6. The highest BCUT2D eigenvalue weighted by Crippen LogP contribution is 2.46. The lowest BCUT2D eigenvalue weighted by atomic mass is 9.96. The maximum Gasteiger partial charge on any atom is 0.137 e. The third-order valence-electron chi connectivity index (χ3n) is 8.20. The Bertz CT molecular complexity index is 2880. The second kappa shape index (κ2) is 10.3. The molecule has 0 radical (unpaired) electrons. The Hall–Kier alpha value is -6.06. The molecule has 9 aromatic rings. The molecule has 2 aromatic heterocycles. The van der Waals surface area contributed by atoms with Crippen LogP contribution in [0.4, 0.5) is 17.1 Å². The molecule has 0 N–H and O–H groups in total. The summed E-state index contributed by atoms with van der Waals surface area (Å²) in [5, 5.41) is 2.13. The highest BCUT2D eigenvalue weighted by Gasteiger charge is 2.22. The van der Waals surface area contributed by atoms with Crippen LogP contribution in [0.5, 0.6) is 0 Å². The van der Waals surface area contributed by atoms with E-state index in [0.29, 0.717) is 11.4 Å². The van der Waals surface area contributed by atoms with E-state index < -0.39 is 24.2 Å². The Morgan fingerprint density at radius 3 is 2.07 bits per heavy atom. The number of hydrogen-bond donors (Lipinski definition) is 0. The number of fused-ring (bicyclic) bond motifs is 6. The van der Waals surface area contributed by atoms with Crippen LogP contribution in [0.1, 0.15) is 9.60 Å². The van der Waals surface area contributed by atoms with Crippen molar-refractivity contribution in [3.8, 4) is 22.3 Å². The molecule has 9 rings (SSSR count). The largest absolute Gasteiger partial charge is 0.456 e. The van der Waals surface area contributed by atoms with Gasteiger partial charge in [-0.2, -0.15) is 0 Å². The Morgan fingerprint density at radius 2 is 1.18 bits per heavy atom. The van der Waals surface area contributed by atoms with Crippen molar-refractivity contribution in [1.29, 1.82) is 0 Å². The van der Waals surface area contributed by atoms with Gasteiger partial charge in [0.15, 0.2) is 0 Å². The molecule has 45 heavy (non-hydrogen) atoms. The second-order valence-electron chi connectivity index (χ2n) is 10.8. The van der Waals surface area contributed by atoms with Crippen LogP contribution >= 0.6 is 0 Å². The van der Waals surface area contributed by atoms with Gasteiger partial charge in [0.05, 0.1) is 26.4 Å². The molecule has 0 bridgehead atoms. The van der Waals surface area contributed by atoms with Gasteiger partial charge in [0.2, 0.25) is 0 Å². The number of hydrogen-bond acceptors (Lipinski definition) is 3. The number of furan rings is 2. The first-order valence-corrected chi connectivity index (χ1v) is 14.6. The molecule has 0 unspecified atom stereocenters. The van der Waals surface area contributed by atoms with E-state index in [2.05, 4.69) is 24.3 Å². The Morgan fingerprint density at radius 1 is 0.444 bits per heavy atom. The Labute approximate surface area is 270 Å². The summed E-state index contributed by atoms with van der Waals surface area (Å²) in [4.78, 5) is 1.82. The van der Waals surface area contributed by atoms with Gasteiger partial charge < -0.3 is 13.7 Å². The van der Waals surface area contributed by atoms with Crippen LogP contribution in [0.3, 0.4) is 0 Å². The molecule has 0 saturated carbocycles. The molecule has 7 aromatic carbocycles. The Balaban J connectivity index is 1.36. The number of rotatable bonds is 5. The first-order chi connectivity index (χ1) is 25.2. The van der Waals surface area contributed by atoms with Crippen LogP contribution in [0, 0.1) is 0 Å². The van der Waals surface area contributed by atoms with Gasteiger partial charge in [-0.1, -0.05) is 109 Å². The lowest BCUT2D eigenvalue weighted by Crippen LogP contribution is -2.11. The highest BCUT2D eigenvalue weighted by molar-refractivity contribution is 6.15. The summed E-state index contributed by atoms with van der Waals surface area (Å²) in [7, 11) is 0. The summed E-state index contributed by atoms with van der Waals surface area (Å²) in [6.07, 6.45) is 0. The van der Waals surface area contributed by atoms with Crippen molar-refractivity contribution in [3.63, 3.8) is 0 Å². The monoisotopic (exact) mass is 584 g/mol. The second-order valence-corrected chi connectivity index (χ2v) is 10.8. The van der Waals surface area contributed by atoms with E-state index in [0.717, 1.165) is 44.2 Å². The summed E-state index contributed by atoms with van der Waals surface area (Å²) >= 11 is 0. The summed E-state index contributed by atoms with van der Waals surface area (Å²) in [5.74, 6) is 0. The van der Waals surface area contributed by atoms with E-state index in [9.17, 15) is 1.37 Å². The van der Waals surface area contributed by atoms with E-state index in [4.69, 9.17) is 17.1 Å². The van der Waals surface area contributed by atoms with Crippen molar-refractivity contribution < 1.29 is 18.4 Å². The maximum atomic E-state index is 9.34. The van der Waals surface area contributed by atoms with Crippen LogP contribution in [0.2, 0.25) is 0 Å². The third-order valence-corrected chi connectivity index (χ3v) is 8.20. The fourth-order valence-electron chi connectivity index (χ4n) is 6.24. The molecule has 0 spiro atoms. The zero-order valence-electron chi connectivity index (χ0n) is 30.8. The lowest BCUT2D eigenvalue weighted by molar-refractivity contribution is 0.668. The van der Waals surface area contributed by atoms with Crippen molar-refractivity contribution in [2.24, 2.45) is 0 Å². The van der Waals surface area contributed by atoms with E-state index in [-0.39, 0.29) is 45.8 Å². The summed E-state index contributed by atoms with van der Waals surface area (Å²) in [6, 6.07) is 36.6. The number of para-hydroxylation sites is 3. The smallest absolute Gasteiger partial charge is 0.137 e. The minimum atomic E-state index is -0.468. The zero-order chi connectivity index (χ0) is 35.8. The highest BCUT2D eigenvalue weighted by atomic mass is 16.3. The van der Waals surface area contributed by atoms with Gasteiger partial charge in [-0.25, -0.2) is 0 Å². The quantitative estimate of drug-likeness (QED) is 0.201. The topological polar surface area (TPSA) is 29.5 Å². The molecule has 3 heteroatoms. The third kappa shape index (κ3) is 4.13. The predicted octanol–water partition coefficient (Wildman–Crippen LogP) is 12.3. The van der Waals surface area contributed by atoms with Crippen LogP contribution in [-0.2, 0) is 0 Å². The van der Waals surface area contributed by atoms with Gasteiger partial charge in [-0.15, -0.1) is 0 Å². The molecule has 0 atom stereocenters. The minimum absolute atomic E-state index is 0.0520. The molecule has 0 amide bonds. The normalized spacial score (nSPS) is 13.7. The number of nitrogens with zero attached hydrogens (tertiary/aromatic N) is 1. The molecule has 212 valence electrons. The van der Waals surface area contributed by atoms with Crippen molar-refractivity contribution in [3.05, 3.63) is 164 Å². The van der Waals surface area contributed by atoms with Crippen molar-refractivity contribution in [2.75, 3.05) is 4.90 Å². The predicted molar refractivity (Wildman–Crippen MR) is 187 cm³/mol. The van der Waals surface area contributed by atoms with E-state index >= 15 is 0 Å². The summed E-state index contributed by atoms with van der Waals surface area (Å²) in [6.45, 7) is 0. The van der Waals surface area contributed by atoms with Gasteiger partial charge >= 0.3 is 0 Å². The van der Waals surface area contributed by atoms with Gasteiger partial charge in [0.25, 0.3) is 0 Å². The average molecular weight is 585 g/mol. The molecule has 3 nitrogen and oxygen atoms in total. The van der Waals surface area contributed by atoms with Crippen LogP contribution in [0.25, 0.3) is 66.1 Å². The number of anilines is 3. The number of benzene rings is 7. The lowest BCUT2D eigenvalue weighted by Gasteiger charge is -2.28. The maximum absolute atomic E-state index is 9.34. The zero-order valence-corrected chi connectivity index (χ0v) is 23.8. The van der Waals surface area contributed by atoms with Gasteiger partial charge in [0, 0.05) is 27.4 Å².